The largest absolute Gasteiger partial charge is 0.454 e. The van der Waals surface area contributed by atoms with Gasteiger partial charge in [0.05, 0.1) is 6.10 Å². The van der Waals surface area contributed by atoms with Crippen LogP contribution in [0.3, 0.4) is 0 Å². The Balaban J connectivity index is 4.62. The molecule has 6 heteroatoms. The topological polar surface area (TPSA) is 104 Å². The van der Waals surface area contributed by atoms with Gasteiger partial charge in [-0.25, -0.2) is 4.79 Å². The molecule has 0 spiro atoms. The van der Waals surface area contributed by atoms with Gasteiger partial charge >= 0.3 is 5.97 Å². The first-order valence-electron chi connectivity index (χ1n) is 8.37. The summed E-state index contributed by atoms with van der Waals surface area (Å²) < 4.78 is 5.19. The Labute approximate surface area is 138 Å². The molecule has 4 atom stereocenters. The molecule has 0 aromatic carbocycles. The Morgan fingerprint density at radius 1 is 1.13 bits per heavy atom. The Morgan fingerprint density at radius 2 is 1.70 bits per heavy atom. The number of hydrogen-bond donors (Lipinski definition) is 3. The lowest BCUT2D eigenvalue weighted by Gasteiger charge is -2.29. The molecule has 0 saturated heterocycles. The highest BCUT2D eigenvalue weighted by molar-refractivity contribution is 6.35. The monoisotopic (exact) mass is 332 g/mol. The zero-order valence-corrected chi connectivity index (χ0v) is 14.9. The van der Waals surface area contributed by atoms with E-state index < -0.39 is 35.7 Å². The number of ether oxygens (including phenoxy) is 1. The molecular weight excluding hydrogens is 300 g/mol. The van der Waals surface area contributed by atoms with Crippen molar-refractivity contribution in [2.75, 3.05) is 0 Å². The van der Waals surface area contributed by atoms with Crippen molar-refractivity contribution in [2.24, 2.45) is 5.92 Å². The summed E-state index contributed by atoms with van der Waals surface area (Å²) in [5.41, 5.74) is -0.839. The van der Waals surface area contributed by atoms with Crippen LogP contribution in [0, 0.1) is 5.92 Å². The van der Waals surface area contributed by atoms with Gasteiger partial charge in [-0.3, -0.25) is 4.79 Å². The predicted molar refractivity (Wildman–Crippen MR) is 86.8 cm³/mol. The Bertz CT molecular complexity index is 379. The first-order valence-corrected chi connectivity index (χ1v) is 8.37. The molecule has 0 aliphatic rings. The number of ketones is 1. The smallest absolute Gasteiger partial charge is 0.378 e. The molecule has 136 valence electrons. The minimum absolute atomic E-state index is 0.154. The van der Waals surface area contributed by atoms with Gasteiger partial charge in [0.25, 0.3) is 5.78 Å². The summed E-state index contributed by atoms with van der Waals surface area (Å²) in [5.74, 6) is -2.09. The number of aliphatic hydroxyl groups is 3. The van der Waals surface area contributed by atoms with Gasteiger partial charge in [-0.2, -0.15) is 0 Å². The fraction of sp³-hybridized carbons (Fsp3) is 0.882. The molecule has 6 nitrogen and oxygen atoms in total. The van der Waals surface area contributed by atoms with E-state index in [0.717, 1.165) is 19.3 Å². The summed E-state index contributed by atoms with van der Waals surface area (Å²) in [6.45, 7) is 9.18. The van der Waals surface area contributed by atoms with Crippen LogP contribution in [0.2, 0.25) is 0 Å². The summed E-state index contributed by atoms with van der Waals surface area (Å²) in [6.07, 6.45) is -1.02. The number of aliphatic hydroxyl groups excluding tert-OH is 3. The van der Waals surface area contributed by atoms with Gasteiger partial charge in [-0.1, -0.05) is 40.0 Å². The molecule has 23 heavy (non-hydrogen) atoms. The minimum atomic E-state index is -1.98. The molecule has 0 aliphatic carbocycles. The molecule has 0 radical (unpaired) electrons. The fourth-order valence-corrected chi connectivity index (χ4v) is 2.56. The van der Waals surface area contributed by atoms with Crippen LogP contribution < -0.4 is 0 Å². The average molecular weight is 332 g/mol. The zero-order chi connectivity index (χ0) is 18.2. The molecule has 3 N–H and O–H groups in total. The molecule has 0 rings (SSSR count). The summed E-state index contributed by atoms with van der Waals surface area (Å²) in [6, 6.07) is 0. The number of unbranched alkanes of at least 4 members (excludes halogenated alkanes) is 1. The van der Waals surface area contributed by atoms with Crippen LogP contribution in [0.25, 0.3) is 0 Å². The molecule has 0 aliphatic heterocycles. The van der Waals surface area contributed by atoms with Gasteiger partial charge in [0.2, 0.25) is 0 Å². The van der Waals surface area contributed by atoms with Gasteiger partial charge in [0.15, 0.2) is 6.10 Å². The summed E-state index contributed by atoms with van der Waals surface area (Å²) >= 11 is 0. The number of carbonyl (C=O) groups excluding carboxylic acids is 2. The average Bonchev–Trinajstić information content (AvgIpc) is 2.48. The predicted octanol–water partition coefficient (Wildman–Crippen LogP) is 1.59. The van der Waals surface area contributed by atoms with Gasteiger partial charge in [0.1, 0.15) is 11.7 Å². The van der Waals surface area contributed by atoms with Crippen molar-refractivity contribution in [2.45, 2.75) is 90.6 Å². The maximum absolute atomic E-state index is 11.9. The second-order valence-electron chi connectivity index (χ2n) is 6.88. The van der Waals surface area contributed by atoms with E-state index in [2.05, 4.69) is 13.8 Å². The molecular formula is C17H32O6. The van der Waals surface area contributed by atoms with Gasteiger partial charge in [0, 0.05) is 0 Å². The number of hydrogen-bond acceptors (Lipinski definition) is 6. The highest BCUT2D eigenvalue weighted by Crippen LogP contribution is 2.24. The van der Waals surface area contributed by atoms with Crippen molar-refractivity contribution in [3.63, 3.8) is 0 Å². The van der Waals surface area contributed by atoms with E-state index in [4.69, 9.17) is 4.74 Å². The standard InChI is InChI=1S/C17H32O6/c1-6-8-9-11(3)10-17(4,5)23-16(22)15(21)14(20)13(19)12(18)7-2/h11-14,18-20H,6-10H2,1-5H3. The lowest BCUT2D eigenvalue weighted by molar-refractivity contribution is -0.171. The first-order chi connectivity index (χ1) is 10.6. The van der Waals surface area contributed by atoms with Crippen LogP contribution in [0.1, 0.15) is 66.7 Å². The zero-order valence-electron chi connectivity index (χ0n) is 14.9. The van der Waals surface area contributed by atoms with E-state index >= 15 is 0 Å². The third-order valence-electron chi connectivity index (χ3n) is 3.87. The molecule has 0 heterocycles. The molecule has 0 saturated carbocycles. The van der Waals surface area contributed by atoms with Crippen molar-refractivity contribution in [1.82, 2.24) is 0 Å². The van der Waals surface area contributed by atoms with E-state index in [1.165, 1.54) is 0 Å². The van der Waals surface area contributed by atoms with E-state index in [1.54, 1.807) is 20.8 Å². The first kappa shape index (κ1) is 22.0. The van der Waals surface area contributed by atoms with Crippen molar-refractivity contribution in [3.8, 4) is 0 Å². The molecule has 0 amide bonds. The van der Waals surface area contributed by atoms with Crippen molar-refractivity contribution in [3.05, 3.63) is 0 Å². The van der Waals surface area contributed by atoms with Crippen LogP contribution in [-0.2, 0) is 14.3 Å². The summed E-state index contributed by atoms with van der Waals surface area (Å²) in [7, 11) is 0. The third kappa shape index (κ3) is 7.90. The Kier molecular flexibility index (Phi) is 9.58. The van der Waals surface area contributed by atoms with Crippen molar-refractivity contribution < 1.29 is 29.6 Å². The van der Waals surface area contributed by atoms with Crippen molar-refractivity contribution >= 4 is 11.8 Å². The highest BCUT2D eigenvalue weighted by atomic mass is 16.6. The van der Waals surface area contributed by atoms with E-state index in [-0.39, 0.29) is 6.42 Å². The highest BCUT2D eigenvalue weighted by Gasteiger charge is 2.37. The maximum atomic E-state index is 11.9. The normalized spacial score (nSPS) is 17.2. The van der Waals surface area contributed by atoms with E-state index in [1.807, 2.05) is 0 Å². The molecule has 0 bridgehead atoms. The maximum Gasteiger partial charge on any atom is 0.378 e. The molecule has 0 aromatic rings. The third-order valence-corrected chi connectivity index (χ3v) is 3.87. The lowest BCUT2D eigenvalue weighted by Crippen LogP contribution is -2.46. The van der Waals surface area contributed by atoms with Gasteiger partial charge < -0.3 is 20.1 Å². The second kappa shape index (κ2) is 10.0. The van der Waals surface area contributed by atoms with Crippen LogP contribution in [-0.4, -0.2) is 51.0 Å². The van der Waals surface area contributed by atoms with Gasteiger partial charge in [-0.15, -0.1) is 0 Å². The quantitative estimate of drug-likeness (QED) is 0.392. The summed E-state index contributed by atoms with van der Waals surface area (Å²) in [4.78, 5) is 23.7. The summed E-state index contributed by atoms with van der Waals surface area (Å²) in [5, 5.41) is 28.8. The van der Waals surface area contributed by atoms with E-state index in [9.17, 15) is 24.9 Å². The number of rotatable bonds is 11. The second-order valence-corrected chi connectivity index (χ2v) is 6.88. The number of Topliss-reactive ketones (excluding diaryl/α,β-unsaturated/α-hetero) is 1. The van der Waals surface area contributed by atoms with E-state index in [0.29, 0.717) is 12.3 Å². The Morgan fingerprint density at radius 3 is 2.17 bits per heavy atom. The number of esters is 1. The van der Waals surface area contributed by atoms with Crippen LogP contribution in [0.5, 0.6) is 0 Å². The molecule has 0 aromatic heterocycles. The Hall–Kier alpha value is -0.980. The molecule has 4 unspecified atom stereocenters. The van der Waals surface area contributed by atoms with Crippen LogP contribution in [0.15, 0.2) is 0 Å². The van der Waals surface area contributed by atoms with Gasteiger partial charge in [-0.05, 0) is 32.6 Å². The lowest BCUT2D eigenvalue weighted by atomic mass is 9.91. The van der Waals surface area contributed by atoms with Crippen molar-refractivity contribution in [1.29, 1.82) is 0 Å². The fourth-order valence-electron chi connectivity index (χ4n) is 2.56. The number of carbonyl (C=O) groups is 2. The SMILES string of the molecule is CCCCC(C)CC(C)(C)OC(=O)C(=O)C(O)C(O)C(O)CC. The minimum Gasteiger partial charge on any atom is -0.454 e. The molecule has 0 fully saturated rings. The van der Waals surface area contributed by atoms with Crippen LogP contribution in [0.4, 0.5) is 0 Å². The van der Waals surface area contributed by atoms with Crippen LogP contribution >= 0.6 is 0 Å².